The Labute approximate surface area is 203 Å². The summed E-state index contributed by atoms with van der Waals surface area (Å²) >= 11 is 0. The van der Waals surface area contributed by atoms with Crippen molar-refractivity contribution in [2.24, 2.45) is 11.8 Å². The van der Waals surface area contributed by atoms with Crippen molar-refractivity contribution in [3.63, 3.8) is 0 Å². The molecule has 1 aliphatic carbocycles. The van der Waals surface area contributed by atoms with E-state index in [1.807, 2.05) is 0 Å². The average Bonchev–Trinajstić information content (AvgIpc) is 3.20. The minimum absolute atomic E-state index is 0.0339. The number of methoxy groups -OCH3 is 1. The summed E-state index contributed by atoms with van der Waals surface area (Å²) < 4.78 is 45.4. The maximum absolute atomic E-state index is 13.2. The molecule has 12 heteroatoms. The number of esters is 4. The fourth-order valence-electron chi connectivity index (χ4n) is 5.21. The highest BCUT2D eigenvalue weighted by molar-refractivity contribution is 5.76. The Balaban J connectivity index is 2.04. The molecule has 2 heterocycles. The van der Waals surface area contributed by atoms with Gasteiger partial charge in [-0.25, -0.2) is 0 Å². The topological polar surface area (TPSA) is 142 Å². The van der Waals surface area contributed by atoms with Gasteiger partial charge in [-0.2, -0.15) is 0 Å². The van der Waals surface area contributed by atoms with E-state index in [1.54, 1.807) is 20.8 Å². The van der Waals surface area contributed by atoms with Crippen molar-refractivity contribution in [1.29, 1.82) is 0 Å². The fourth-order valence-corrected chi connectivity index (χ4v) is 5.21. The molecule has 2 aliphatic heterocycles. The van der Waals surface area contributed by atoms with E-state index in [4.69, 9.17) is 37.9 Å². The van der Waals surface area contributed by atoms with Gasteiger partial charge in [0.25, 0.3) is 0 Å². The monoisotopic (exact) mass is 502 g/mol. The highest BCUT2D eigenvalue weighted by Gasteiger charge is 2.63. The molecule has 35 heavy (non-hydrogen) atoms. The van der Waals surface area contributed by atoms with Crippen LogP contribution >= 0.6 is 0 Å². The first-order valence-electron chi connectivity index (χ1n) is 11.6. The highest BCUT2D eigenvalue weighted by atomic mass is 16.8. The van der Waals surface area contributed by atoms with E-state index in [0.717, 1.165) is 6.92 Å². The molecule has 198 valence electrons. The number of ether oxygens (including phenoxy) is 8. The summed E-state index contributed by atoms with van der Waals surface area (Å²) in [7, 11) is 1.48. The molecule has 0 bridgehead atoms. The Bertz CT molecular complexity index is 825. The molecule has 3 aliphatic rings. The molecule has 0 N–H and O–H groups in total. The summed E-state index contributed by atoms with van der Waals surface area (Å²) in [4.78, 5) is 49.1. The SMILES string of the molecule is CCOC(=O)[C@@H]1[C@H]([C@H]2O[C@@H]3OC(C)(C)O[C@@H]3[C@H]2OC)C[C@@H](OC(C)=O)[C@@H](OC(C)=O)[C@@H]1OC(C)=O. The number of fused-ring (bicyclic) bond motifs is 1. The van der Waals surface area contributed by atoms with Crippen molar-refractivity contribution in [3.05, 3.63) is 0 Å². The smallest absolute Gasteiger partial charge is 0.313 e. The van der Waals surface area contributed by atoms with Gasteiger partial charge in [-0.3, -0.25) is 19.2 Å². The van der Waals surface area contributed by atoms with Crippen LogP contribution in [0, 0.1) is 11.8 Å². The summed E-state index contributed by atoms with van der Waals surface area (Å²) in [6.45, 7) is 8.72. The van der Waals surface area contributed by atoms with Crippen LogP contribution in [0.25, 0.3) is 0 Å². The van der Waals surface area contributed by atoms with Crippen molar-refractivity contribution < 1.29 is 57.1 Å². The van der Waals surface area contributed by atoms with E-state index in [2.05, 4.69) is 0 Å². The standard InChI is InChI=1S/C23H34O12/c1-8-29-21(27)15-13(16-19(28-7)20-22(33-16)35-23(5,6)34-20)9-14(30-10(2)24)17(31-11(3)25)18(15)32-12(4)26/h13-20,22H,8-9H2,1-7H3/t13-,14-,15-,16-,17-,18-,19+,20-,22-/m1/s1. The predicted octanol–water partition coefficient (Wildman–Crippen LogP) is 0.872. The molecule has 3 fully saturated rings. The van der Waals surface area contributed by atoms with Gasteiger partial charge in [-0.15, -0.1) is 0 Å². The Kier molecular flexibility index (Phi) is 8.40. The molecule has 0 amide bonds. The maximum atomic E-state index is 13.2. The van der Waals surface area contributed by atoms with Gasteiger partial charge in [0, 0.05) is 33.8 Å². The molecule has 12 nitrogen and oxygen atoms in total. The second-order valence-corrected chi connectivity index (χ2v) is 9.24. The van der Waals surface area contributed by atoms with Gasteiger partial charge in [0.05, 0.1) is 12.7 Å². The molecular weight excluding hydrogens is 468 g/mol. The minimum Gasteiger partial charge on any atom is -0.466 e. The number of hydrogen-bond donors (Lipinski definition) is 0. The molecule has 0 spiro atoms. The van der Waals surface area contributed by atoms with Crippen molar-refractivity contribution in [2.45, 2.75) is 96.7 Å². The number of carbonyl (C=O) groups is 4. The van der Waals surface area contributed by atoms with Crippen LogP contribution in [0.3, 0.4) is 0 Å². The predicted molar refractivity (Wildman–Crippen MR) is 114 cm³/mol. The Hall–Kier alpha value is -2.28. The summed E-state index contributed by atoms with van der Waals surface area (Å²) in [5.74, 6) is -5.49. The zero-order chi connectivity index (χ0) is 26.1. The van der Waals surface area contributed by atoms with Gasteiger partial charge >= 0.3 is 23.9 Å². The number of carbonyl (C=O) groups excluding carboxylic acids is 4. The molecule has 2 saturated heterocycles. The Morgan fingerprint density at radius 1 is 0.857 bits per heavy atom. The molecule has 0 unspecified atom stereocenters. The van der Waals surface area contributed by atoms with Gasteiger partial charge in [-0.1, -0.05) is 0 Å². The van der Waals surface area contributed by atoms with Crippen molar-refractivity contribution in [3.8, 4) is 0 Å². The van der Waals surface area contributed by atoms with Crippen molar-refractivity contribution >= 4 is 23.9 Å². The molecule has 0 aromatic carbocycles. The highest BCUT2D eigenvalue weighted by Crippen LogP contribution is 2.47. The molecule has 3 rings (SSSR count). The van der Waals surface area contributed by atoms with E-state index >= 15 is 0 Å². The van der Waals surface area contributed by atoms with Crippen LogP contribution in [0.2, 0.25) is 0 Å². The first-order chi connectivity index (χ1) is 16.4. The zero-order valence-electron chi connectivity index (χ0n) is 21.0. The van der Waals surface area contributed by atoms with Gasteiger partial charge in [0.2, 0.25) is 0 Å². The summed E-state index contributed by atoms with van der Waals surface area (Å²) in [6.07, 6.45) is -6.35. The third kappa shape index (κ3) is 5.93. The van der Waals surface area contributed by atoms with E-state index in [1.165, 1.54) is 21.0 Å². The molecule has 1 saturated carbocycles. The minimum atomic E-state index is -1.31. The summed E-state index contributed by atoms with van der Waals surface area (Å²) in [6, 6.07) is 0. The average molecular weight is 503 g/mol. The molecule has 0 aromatic heterocycles. The zero-order valence-corrected chi connectivity index (χ0v) is 21.0. The van der Waals surface area contributed by atoms with Crippen LogP contribution in [-0.4, -0.2) is 86.3 Å². The van der Waals surface area contributed by atoms with Crippen LogP contribution in [0.4, 0.5) is 0 Å². The van der Waals surface area contributed by atoms with E-state index < -0.39 is 84.4 Å². The quantitative estimate of drug-likeness (QED) is 0.360. The second kappa shape index (κ2) is 10.8. The van der Waals surface area contributed by atoms with E-state index in [9.17, 15) is 19.2 Å². The summed E-state index contributed by atoms with van der Waals surface area (Å²) in [5, 5.41) is 0. The lowest BCUT2D eigenvalue weighted by Gasteiger charge is -2.46. The molecule has 0 aromatic rings. The lowest BCUT2D eigenvalue weighted by Crippen LogP contribution is -2.60. The van der Waals surface area contributed by atoms with E-state index in [-0.39, 0.29) is 13.0 Å². The van der Waals surface area contributed by atoms with Crippen LogP contribution in [0.15, 0.2) is 0 Å². The third-order valence-electron chi connectivity index (χ3n) is 6.21. The maximum Gasteiger partial charge on any atom is 0.313 e. The third-order valence-corrected chi connectivity index (χ3v) is 6.21. The number of rotatable bonds is 7. The normalized spacial score (nSPS) is 37.7. The van der Waals surface area contributed by atoms with Crippen LogP contribution in [-0.2, 0) is 57.1 Å². The summed E-state index contributed by atoms with van der Waals surface area (Å²) in [5.41, 5.74) is 0. The second-order valence-electron chi connectivity index (χ2n) is 9.24. The molecule has 0 radical (unpaired) electrons. The largest absolute Gasteiger partial charge is 0.466 e. The number of hydrogen-bond acceptors (Lipinski definition) is 12. The molecular formula is C23H34O12. The van der Waals surface area contributed by atoms with Gasteiger partial charge in [0.1, 0.15) is 24.2 Å². The first-order valence-corrected chi connectivity index (χ1v) is 11.6. The van der Waals surface area contributed by atoms with Gasteiger partial charge in [-0.05, 0) is 27.2 Å². The van der Waals surface area contributed by atoms with Crippen LogP contribution < -0.4 is 0 Å². The lowest BCUT2D eigenvalue weighted by atomic mass is 9.70. The van der Waals surface area contributed by atoms with Crippen molar-refractivity contribution in [1.82, 2.24) is 0 Å². The fraction of sp³-hybridized carbons (Fsp3) is 0.826. The van der Waals surface area contributed by atoms with E-state index in [0.29, 0.717) is 0 Å². The van der Waals surface area contributed by atoms with Gasteiger partial charge < -0.3 is 37.9 Å². The van der Waals surface area contributed by atoms with Gasteiger partial charge in [0.15, 0.2) is 24.3 Å². The first kappa shape index (κ1) is 27.3. The van der Waals surface area contributed by atoms with Crippen molar-refractivity contribution in [2.75, 3.05) is 13.7 Å². The lowest BCUT2D eigenvalue weighted by molar-refractivity contribution is -0.242. The molecule has 9 atom stereocenters. The Morgan fingerprint density at radius 2 is 1.46 bits per heavy atom. The van der Waals surface area contributed by atoms with Crippen LogP contribution in [0.1, 0.15) is 48.0 Å². The Morgan fingerprint density at radius 3 is 2.00 bits per heavy atom. The van der Waals surface area contributed by atoms with Crippen LogP contribution in [0.5, 0.6) is 0 Å².